The van der Waals surface area contributed by atoms with Crippen molar-refractivity contribution < 1.29 is 26.8 Å². The smallest absolute Gasteiger partial charge is 0.242 e. The Morgan fingerprint density at radius 3 is 1.97 bits per heavy atom. The second kappa shape index (κ2) is 11.6. The highest BCUT2D eigenvalue weighted by Gasteiger charge is 2.28. The summed E-state index contributed by atoms with van der Waals surface area (Å²) >= 11 is 0. The molecule has 1 unspecified atom stereocenters. The molecule has 0 spiro atoms. The number of anilines is 1. The number of halogens is 2. The molecule has 0 aromatic heterocycles. The average Bonchev–Trinajstić information content (AvgIpc) is 2.74. The number of nitrogens with zero attached hydrogens (tertiary/aromatic N) is 2. The Bertz CT molecular complexity index is 1110. The first-order chi connectivity index (χ1) is 16.2. The van der Waals surface area contributed by atoms with Crippen LogP contribution in [-0.2, 0) is 26.2 Å². The third-order valence-corrected chi connectivity index (χ3v) is 6.39. The van der Waals surface area contributed by atoms with Gasteiger partial charge in [-0.15, -0.1) is 0 Å². The molecular weight excluding hydrogens is 476 g/mol. The fraction of sp³-hybridized carbons (Fsp3) is 0.440. The van der Waals surface area contributed by atoms with Crippen LogP contribution in [0.5, 0.6) is 0 Å². The number of carbonyl (C=O) groups excluding carboxylic acids is 2. The molecule has 2 aromatic rings. The number of benzene rings is 2. The van der Waals surface area contributed by atoms with Gasteiger partial charge in [0.25, 0.3) is 0 Å². The Labute approximate surface area is 206 Å². The van der Waals surface area contributed by atoms with Gasteiger partial charge in [-0.1, -0.05) is 12.1 Å². The summed E-state index contributed by atoms with van der Waals surface area (Å²) in [6, 6.07) is 9.89. The molecular formula is C25H33F2N3O4S. The summed E-state index contributed by atoms with van der Waals surface area (Å²) in [5, 5.41) is 2.86. The van der Waals surface area contributed by atoms with Gasteiger partial charge >= 0.3 is 0 Å². The van der Waals surface area contributed by atoms with Crippen molar-refractivity contribution in [2.75, 3.05) is 17.1 Å². The SMILES string of the molecule is CC(C(=O)NC(C)(C)C)N(Cc1ccc(F)cc1)C(=O)CCCN(c1ccc(F)cc1)S(C)(=O)=O. The zero-order valence-electron chi connectivity index (χ0n) is 20.7. The average molecular weight is 510 g/mol. The minimum absolute atomic E-state index is 0.00314. The van der Waals surface area contributed by atoms with Crippen LogP contribution < -0.4 is 9.62 Å². The zero-order valence-corrected chi connectivity index (χ0v) is 21.5. The standard InChI is InChI=1S/C25H33F2N3O4S/c1-18(24(32)28-25(2,3)4)29(17-19-8-10-20(26)11-9-19)23(31)7-6-16-30(35(5,33)34)22-14-12-21(27)13-15-22/h8-15,18H,6-7,16-17H2,1-5H3,(H,28,32). The van der Waals surface area contributed by atoms with Crippen molar-refractivity contribution in [1.29, 1.82) is 0 Å². The molecule has 0 saturated heterocycles. The number of carbonyl (C=O) groups is 2. The number of sulfonamides is 1. The zero-order chi connectivity index (χ0) is 26.4. The largest absolute Gasteiger partial charge is 0.350 e. The van der Waals surface area contributed by atoms with E-state index in [-0.39, 0.29) is 37.7 Å². The molecule has 10 heteroatoms. The lowest BCUT2D eigenvalue weighted by molar-refractivity contribution is -0.141. The Balaban J connectivity index is 2.17. The number of amides is 2. The normalized spacial score (nSPS) is 12.7. The molecule has 0 bridgehead atoms. The third kappa shape index (κ3) is 8.93. The Morgan fingerprint density at radius 2 is 1.49 bits per heavy atom. The van der Waals surface area contributed by atoms with Crippen LogP contribution in [0.1, 0.15) is 46.1 Å². The minimum atomic E-state index is -3.67. The second-order valence-electron chi connectivity index (χ2n) is 9.48. The van der Waals surface area contributed by atoms with Gasteiger partial charge in [0.05, 0.1) is 11.9 Å². The van der Waals surface area contributed by atoms with E-state index in [0.717, 1.165) is 10.6 Å². The Kier molecular flexibility index (Phi) is 9.37. The lowest BCUT2D eigenvalue weighted by Gasteiger charge is -2.32. The van der Waals surface area contributed by atoms with Crippen molar-refractivity contribution in [3.8, 4) is 0 Å². The lowest BCUT2D eigenvalue weighted by Crippen LogP contribution is -2.52. The molecule has 1 N–H and O–H groups in total. The maximum absolute atomic E-state index is 13.3. The first kappa shape index (κ1) is 28.2. The van der Waals surface area contributed by atoms with E-state index >= 15 is 0 Å². The van der Waals surface area contributed by atoms with Crippen LogP contribution in [0, 0.1) is 11.6 Å². The molecule has 0 fully saturated rings. The van der Waals surface area contributed by atoms with Gasteiger partial charge in [-0.25, -0.2) is 17.2 Å². The van der Waals surface area contributed by atoms with E-state index < -0.39 is 33.2 Å². The van der Waals surface area contributed by atoms with Crippen molar-refractivity contribution in [1.82, 2.24) is 10.2 Å². The maximum atomic E-state index is 13.3. The predicted octanol–water partition coefficient (Wildman–Crippen LogP) is 3.84. The van der Waals surface area contributed by atoms with Gasteiger partial charge in [0, 0.05) is 25.0 Å². The molecule has 0 saturated carbocycles. The summed E-state index contributed by atoms with van der Waals surface area (Å²) in [6.07, 6.45) is 1.19. The van der Waals surface area contributed by atoms with Gasteiger partial charge in [-0.3, -0.25) is 13.9 Å². The van der Waals surface area contributed by atoms with Crippen LogP contribution in [-0.4, -0.2) is 49.5 Å². The molecule has 0 aliphatic heterocycles. The van der Waals surface area contributed by atoms with Crippen molar-refractivity contribution in [2.24, 2.45) is 0 Å². The van der Waals surface area contributed by atoms with Crippen LogP contribution in [0.15, 0.2) is 48.5 Å². The van der Waals surface area contributed by atoms with Gasteiger partial charge in [0.1, 0.15) is 17.7 Å². The topological polar surface area (TPSA) is 86.8 Å². The van der Waals surface area contributed by atoms with E-state index in [1.807, 2.05) is 20.8 Å². The summed E-state index contributed by atoms with van der Waals surface area (Å²) in [7, 11) is -3.67. The fourth-order valence-corrected chi connectivity index (χ4v) is 4.42. The molecule has 0 aliphatic rings. The van der Waals surface area contributed by atoms with Gasteiger partial charge in [0.2, 0.25) is 21.8 Å². The molecule has 2 amide bonds. The lowest BCUT2D eigenvalue weighted by atomic mass is 10.1. The van der Waals surface area contributed by atoms with Gasteiger partial charge in [-0.05, 0) is 76.1 Å². The van der Waals surface area contributed by atoms with Crippen molar-refractivity contribution >= 4 is 27.5 Å². The van der Waals surface area contributed by atoms with E-state index in [0.29, 0.717) is 11.3 Å². The highest BCUT2D eigenvalue weighted by Crippen LogP contribution is 2.20. The highest BCUT2D eigenvalue weighted by molar-refractivity contribution is 7.92. The fourth-order valence-electron chi connectivity index (χ4n) is 3.45. The van der Waals surface area contributed by atoms with Crippen molar-refractivity contribution in [3.05, 3.63) is 65.7 Å². The molecule has 35 heavy (non-hydrogen) atoms. The quantitative estimate of drug-likeness (QED) is 0.527. The van der Waals surface area contributed by atoms with Crippen LogP contribution in [0.4, 0.5) is 14.5 Å². The van der Waals surface area contributed by atoms with Gasteiger partial charge in [-0.2, -0.15) is 0 Å². The second-order valence-corrected chi connectivity index (χ2v) is 11.4. The van der Waals surface area contributed by atoms with E-state index in [4.69, 9.17) is 0 Å². The van der Waals surface area contributed by atoms with Crippen LogP contribution in [0.25, 0.3) is 0 Å². The van der Waals surface area contributed by atoms with Gasteiger partial charge < -0.3 is 10.2 Å². The minimum Gasteiger partial charge on any atom is -0.350 e. The molecule has 0 radical (unpaired) electrons. The van der Waals surface area contributed by atoms with Crippen LogP contribution in [0.2, 0.25) is 0 Å². The number of nitrogens with one attached hydrogen (secondary N) is 1. The first-order valence-corrected chi connectivity index (χ1v) is 13.1. The molecule has 7 nitrogen and oxygen atoms in total. The van der Waals surface area contributed by atoms with Crippen LogP contribution >= 0.6 is 0 Å². The Hall–Kier alpha value is -3.01. The monoisotopic (exact) mass is 509 g/mol. The van der Waals surface area contributed by atoms with E-state index in [1.54, 1.807) is 19.1 Å². The van der Waals surface area contributed by atoms with E-state index in [1.165, 1.54) is 41.3 Å². The van der Waals surface area contributed by atoms with Crippen molar-refractivity contribution in [2.45, 2.75) is 58.7 Å². The summed E-state index contributed by atoms with van der Waals surface area (Å²) < 4.78 is 52.3. The molecule has 2 aromatic carbocycles. The summed E-state index contributed by atoms with van der Waals surface area (Å²) in [4.78, 5) is 27.4. The maximum Gasteiger partial charge on any atom is 0.242 e. The van der Waals surface area contributed by atoms with Gasteiger partial charge in [0.15, 0.2) is 0 Å². The number of hydrogen-bond donors (Lipinski definition) is 1. The third-order valence-electron chi connectivity index (χ3n) is 5.20. The molecule has 2 rings (SSSR count). The highest BCUT2D eigenvalue weighted by atomic mass is 32.2. The summed E-state index contributed by atoms with van der Waals surface area (Å²) in [5.74, 6) is -1.58. The van der Waals surface area contributed by atoms with Crippen molar-refractivity contribution in [3.63, 3.8) is 0 Å². The number of rotatable bonds is 10. The van der Waals surface area contributed by atoms with Crippen LogP contribution in [0.3, 0.4) is 0 Å². The molecule has 192 valence electrons. The molecule has 1 atom stereocenters. The number of hydrogen-bond acceptors (Lipinski definition) is 4. The molecule has 0 aliphatic carbocycles. The Morgan fingerprint density at radius 1 is 0.971 bits per heavy atom. The van der Waals surface area contributed by atoms with E-state index in [2.05, 4.69) is 5.32 Å². The molecule has 0 heterocycles. The predicted molar refractivity (Wildman–Crippen MR) is 132 cm³/mol. The summed E-state index contributed by atoms with van der Waals surface area (Å²) in [5.41, 5.74) is 0.447. The first-order valence-electron chi connectivity index (χ1n) is 11.3. The summed E-state index contributed by atoms with van der Waals surface area (Å²) in [6.45, 7) is 7.20. The van der Waals surface area contributed by atoms with E-state index in [9.17, 15) is 26.8 Å².